The second-order valence-electron chi connectivity index (χ2n) is 3.88. The number of aryl methyl sites for hydroxylation is 1. The molecule has 0 unspecified atom stereocenters. The number of hydrogen-bond acceptors (Lipinski definition) is 3. The maximum absolute atomic E-state index is 12.3. The Morgan fingerprint density at radius 3 is 2.79 bits per heavy atom. The Kier molecular flexibility index (Phi) is 3.28. The Morgan fingerprint density at radius 2 is 2.26 bits per heavy atom. The van der Waals surface area contributed by atoms with Crippen LogP contribution in [0.2, 0.25) is 0 Å². The van der Waals surface area contributed by atoms with Gasteiger partial charge >= 0.3 is 6.18 Å². The number of carbonyl (C=O) groups excluding carboxylic acids is 1. The molecule has 0 bridgehead atoms. The molecule has 2 heterocycles. The monoisotopic (exact) mass is 273 g/mol. The van der Waals surface area contributed by atoms with E-state index in [-0.39, 0.29) is 6.54 Å². The van der Waals surface area contributed by atoms with Crippen molar-refractivity contribution in [2.75, 3.05) is 5.32 Å². The highest BCUT2D eigenvalue weighted by molar-refractivity contribution is 5.89. The van der Waals surface area contributed by atoms with Crippen LogP contribution >= 0.6 is 0 Å². The van der Waals surface area contributed by atoms with Crippen LogP contribution in [0.4, 0.5) is 19.0 Å². The zero-order valence-electron chi connectivity index (χ0n) is 9.82. The first-order chi connectivity index (χ1) is 8.84. The Balaban J connectivity index is 1.97. The van der Waals surface area contributed by atoms with E-state index in [1.807, 2.05) is 0 Å². The molecule has 0 fully saturated rings. The molecule has 9 heteroatoms. The SMILES string of the molecule is Cc1cc(NC(=O)Cn2ccc(C(F)(F)F)n2)n[nH]1. The average Bonchev–Trinajstić information content (AvgIpc) is 2.87. The summed E-state index contributed by atoms with van der Waals surface area (Å²) in [5, 5.41) is 12.1. The molecule has 1 amide bonds. The van der Waals surface area contributed by atoms with Gasteiger partial charge in [0.05, 0.1) is 0 Å². The standard InChI is InChI=1S/C10H10F3N5O/c1-6-4-8(16-15-6)14-9(19)5-18-3-2-7(17-18)10(11,12)13/h2-4H,5H2,1H3,(H2,14,15,16,19). The minimum Gasteiger partial charge on any atom is -0.308 e. The van der Waals surface area contributed by atoms with Crippen molar-refractivity contribution in [2.45, 2.75) is 19.6 Å². The summed E-state index contributed by atoms with van der Waals surface area (Å²) in [5.41, 5.74) is -0.273. The van der Waals surface area contributed by atoms with E-state index in [1.165, 1.54) is 0 Å². The number of hydrogen-bond donors (Lipinski definition) is 2. The fraction of sp³-hybridized carbons (Fsp3) is 0.300. The molecule has 19 heavy (non-hydrogen) atoms. The summed E-state index contributed by atoms with van der Waals surface area (Å²) in [6.07, 6.45) is -3.42. The van der Waals surface area contributed by atoms with Crippen molar-refractivity contribution in [1.29, 1.82) is 0 Å². The number of amides is 1. The van der Waals surface area contributed by atoms with Gasteiger partial charge in [0.25, 0.3) is 0 Å². The van der Waals surface area contributed by atoms with Crippen molar-refractivity contribution in [3.63, 3.8) is 0 Å². The van der Waals surface area contributed by atoms with Crippen molar-refractivity contribution >= 4 is 11.7 Å². The fourth-order valence-corrected chi connectivity index (χ4v) is 1.41. The molecular weight excluding hydrogens is 263 g/mol. The number of aromatic nitrogens is 4. The first-order valence-electron chi connectivity index (χ1n) is 5.27. The number of nitrogens with zero attached hydrogens (tertiary/aromatic N) is 3. The number of anilines is 1. The Bertz CT molecular complexity index is 586. The third-order valence-electron chi connectivity index (χ3n) is 2.21. The molecule has 0 saturated heterocycles. The summed E-state index contributed by atoms with van der Waals surface area (Å²) in [6.45, 7) is 1.44. The maximum atomic E-state index is 12.3. The molecule has 2 N–H and O–H groups in total. The maximum Gasteiger partial charge on any atom is 0.435 e. The molecule has 0 aromatic carbocycles. The molecule has 0 spiro atoms. The molecule has 2 rings (SSSR count). The van der Waals surface area contributed by atoms with Crippen molar-refractivity contribution < 1.29 is 18.0 Å². The largest absolute Gasteiger partial charge is 0.435 e. The average molecular weight is 273 g/mol. The van der Waals surface area contributed by atoms with Gasteiger partial charge in [-0.1, -0.05) is 0 Å². The van der Waals surface area contributed by atoms with E-state index in [2.05, 4.69) is 20.6 Å². The van der Waals surface area contributed by atoms with Crippen LogP contribution in [0.1, 0.15) is 11.4 Å². The third kappa shape index (κ3) is 3.33. The number of H-pyrrole nitrogens is 1. The van der Waals surface area contributed by atoms with Gasteiger partial charge in [-0.05, 0) is 13.0 Å². The topological polar surface area (TPSA) is 75.6 Å². The van der Waals surface area contributed by atoms with Gasteiger partial charge in [-0.15, -0.1) is 0 Å². The zero-order chi connectivity index (χ0) is 14.0. The molecule has 0 aliphatic carbocycles. The van der Waals surface area contributed by atoms with Crippen molar-refractivity contribution in [2.24, 2.45) is 0 Å². The summed E-state index contributed by atoms with van der Waals surface area (Å²) < 4.78 is 37.8. The smallest absolute Gasteiger partial charge is 0.308 e. The summed E-state index contributed by atoms with van der Waals surface area (Å²) in [4.78, 5) is 11.5. The lowest BCUT2D eigenvalue weighted by Gasteiger charge is -2.03. The van der Waals surface area contributed by atoms with Crippen LogP contribution in [0.25, 0.3) is 0 Å². The van der Waals surface area contributed by atoms with Crippen LogP contribution in [-0.4, -0.2) is 25.9 Å². The minimum atomic E-state index is -4.51. The van der Waals surface area contributed by atoms with E-state index in [0.717, 1.165) is 22.6 Å². The van der Waals surface area contributed by atoms with E-state index < -0.39 is 17.8 Å². The second-order valence-corrected chi connectivity index (χ2v) is 3.88. The highest BCUT2D eigenvalue weighted by Crippen LogP contribution is 2.27. The number of nitrogens with one attached hydrogen (secondary N) is 2. The van der Waals surface area contributed by atoms with Gasteiger partial charge in [0.2, 0.25) is 5.91 Å². The van der Waals surface area contributed by atoms with Crippen LogP contribution in [0.5, 0.6) is 0 Å². The predicted octanol–water partition coefficient (Wildman–Crippen LogP) is 1.57. The van der Waals surface area contributed by atoms with Crippen molar-refractivity contribution in [3.05, 3.63) is 29.7 Å². The van der Waals surface area contributed by atoms with E-state index in [4.69, 9.17) is 0 Å². The molecule has 6 nitrogen and oxygen atoms in total. The number of alkyl halides is 3. The highest BCUT2D eigenvalue weighted by atomic mass is 19.4. The summed E-state index contributed by atoms with van der Waals surface area (Å²) in [5.74, 6) is -0.200. The van der Waals surface area contributed by atoms with Gasteiger partial charge in [0.15, 0.2) is 11.5 Å². The summed E-state index contributed by atoms with van der Waals surface area (Å²) in [7, 11) is 0. The van der Waals surface area contributed by atoms with E-state index in [1.54, 1.807) is 13.0 Å². The lowest BCUT2D eigenvalue weighted by Crippen LogP contribution is -2.20. The first kappa shape index (κ1) is 13.1. The second kappa shape index (κ2) is 4.75. The normalized spacial score (nSPS) is 11.6. The van der Waals surface area contributed by atoms with Gasteiger partial charge < -0.3 is 5.32 Å². The first-order valence-corrected chi connectivity index (χ1v) is 5.27. The number of carbonyl (C=O) groups is 1. The molecule has 102 valence electrons. The molecule has 0 saturated carbocycles. The molecule has 0 aliphatic rings. The molecule has 0 atom stereocenters. The Labute approximate surface area is 105 Å². The number of rotatable bonds is 3. The quantitative estimate of drug-likeness (QED) is 0.891. The van der Waals surface area contributed by atoms with Crippen LogP contribution in [-0.2, 0) is 17.5 Å². The zero-order valence-corrected chi connectivity index (χ0v) is 9.82. The molecule has 2 aromatic heterocycles. The van der Waals surface area contributed by atoms with Gasteiger partial charge in [-0.25, -0.2) is 0 Å². The van der Waals surface area contributed by atoms with Crippen molar-refractivity contribution in [1.82, 2.24) is 20.0 Å². The molecular formula is C10H10F3N5O. The molecule has 0 radical (unpaired) electrons. The van der Waals surface area contributed by atoms with E-state index in [9.17, 15) is 18.0 Å². The third-order valence-corrected chi connectivity index (χ3v) is 2.21. The van der Waals surface area contributed by atoms with Gasteiger partial charge in [-0.2, -0.15) is 23.4 Å². The van der Waals surface area contributed by atoms with Gasteiger partial charge in [0, 0.05) is 18.0 Å². The Hall–Kier alpha value is -2.32. The van der Waals surface area contributed by atoms with Crippen LogP contribution in [0, 0.1) is 6.92 Å². The lowest BCUT2D eigenvalue weighted by atomic mass is 10.4. The van der Waals surface area contributed by atoms with Gasteiger partial charge in [0.1, 0.15) is 6.54 Å². The van der Waals surface area contributed by atoms with Crippen LogP contribution in [0.15, 0.2) is 18.3 Å². The summed E-state index contributed by atoms with van der Waals surface area (Å²) in [6, 6.07) is 2.41. The van der Waals surface area contributed by atoms with E-state index >= 15 is 0 Å². The highest BCUT2D eigenvalue weighted by Gasteiger charge is 2.33. The molecule has 0 aliphatic heterocycles. The minimum absolute atomic E-state index is 0.311. The van der Waals surface area contributed by atoms with Crippen LogP contribution in [0.3, 0.4) is 0 Å². The number of halogens is 3. The van der Waals surface area contributed by atoms with E-state index in [0.29, 0.717) is 5.82 Å². The Morgan fingerprint density at radius 1 is 1.53 bits per heavy atom. The summed E-state index contributed by atoms with van der Waals surface area (Å²) >= 11 is 0. The van der Waals surface area contributed by atoms with Crippen LogP contribution < -0.4 is 5.32 Å². The lowest BCUT2D eigenvalue weighted by molar-refractivity contribution is -0.141. The van der Waals surface area contributed by atoms with Gasteiger partial charge in [-0.3, -0.25) is 14.6 Å². The fourth-order valence-electron chi connectivity index (χ4n) is 1.41. The molecule has 2 aromatic rings. The van der Waals surface area contributed by atoms with Crippen molar-refractivity contribution in [3.8, 4) is 0 Å². The number of aromatic amines is 1. The predicted molar refractivity (Wildman–Crippen MR) is 59.2 cm³/mol.